The summed E-state index contributed by atoms with van der Waals surface area (Å²) in [7, 11) is 0. The van der Waals surface area contributed by atoms with Crippen LogP contribution in [-0.4, -0.2) is 63.6 Å². The average Bonchev–Trinajstić information content (AvgIpc) is 3.89. The first kappa shape index (κ1) is 41.3. The van der Waals surface area contributed by atoms with Crippen LogP contribution < -0.4 is 5.32 Å². The minimum absolute atomic E-state index is 0.134. The van der Waals surface area contributed by atoms with Gasteiger partial charge in [-0.1, -0.05) is 96.1 Å². The van der Waals surface area contributed by atoms with Crippen LogP contribution in [0.4, 0.5) is 0 Å². The van der Waals surface area contributed by atoms with Crippen molar-refractivity contribution >= 4 is 0 Å². The maximum atomic E-state index is 11.1. The van der Waals surface area contributed by atoms with Gasteiger partial charge in [0.2, 0.25) is 0 Å². The number of aliphatic hydroxyl groups excluding tert-OH is 4. The Labute approximate surface area is 264 Å². The quantitative estimate of drug-likeness (QED) is 0.0751. The topological polar surface area (TPSA) is 102 Å². The van der Waals surface area contributed by atoms with Crippen molar-refractivity contribution in [2.24, 2.45) is 11.8 Å². The molecule has 3 aliphatic rings. The van der Waals surface area contributed by atoms with Gasteiger partial charge in [-0.3, -0.25) is 0 Å². The van der Waals surface area contributed by atoms with Gasteiger partial charge in [0.25, 0.3) is 0 Å². The van der Waals surface area contributed by atoms with Gasteiger partial charge < -0.3 is 30.5 Å². The van der Waals surface area contributed by atoms with Crippen LogP contribution in [0.25, 0.3) is 0 Å². The van der Waals surface area contributed by atoms with Crippen molar-refractivity contribution in [3.05, 3.63) is 60.4 Å². The third-order valence-corrected chi connectivity index (χ3v) is 7.87. The molecule has 1 saturated heterocycles. The van der Waals surface area contributed by atoms with E-state index in [1.807, 2.05) is 32.1 Å². The molecule has 0 aromatic heterocycles. The minimum atomic E-state index is -0.544. The van der Waals surface area contributed by atoms with Crippen molar-refractivity contribution in [1.29, 1.82) is 0 Å². The van der Waals surface area contributed by atoms with Gasteiger partial charge in [0.15, 0.2) is 0 Å². The summed E-state index contributed by atoms with van der Waals surface area (Å²) in [4.78, 5) is 0. The number of nitrogens with one attached hydrogen (secondary N) is 1. The Morgan fingerprint density at radius 1 is 1.07 bits per heavy atom. The molecule has 0 aromatic carbocycles. The largest absolute Gasteiger partial charge is 0.397 e. The summed E-state index contributed by atoms with van der Waals surface area (Å²) in [6.07, 6.45) is 19.5. The molecular weight excluding hydrogens is 538 g/mol. The van der Waals surface area contributed by atoms with E-state index in [-0.39, 0.29) is 18.8 Å². The summed E-state index contributed by atoms with van der Waals surface area (Å²) in [5, 5.41) is 40.7. The fraction of sp³-hybridized carbons (Fsp3) is 0.730. The van der Waals surface area contributed by atoms with E-state index in [4.69, 9.17) is 14.9 Å². The van der Waals surface area contributed by atoms with Gasteiger partial charge >= 0.3 is 0 Å². The highest BCUT2D eigenvalue weighted by atomic mass is 16.5. The molecule has 5 N–H and O–H groups in total. The number of ether oxygens (including phenoxy) is 1. The molecule has 0 radical (unpaired) electrons. The molecule has 6 heteroatoms. The minimum Gasteiger partial charge on any atom is -0.397 e. The number of hydrogen-bond donors (Lipinski definition) is 5. The van der Waals surface area contributed by atoms with Crippen LogP contribution >= 0.6 is 0 Å². The third kappa shape index (κ3) is 18.7. The Hall–Kier alpha value is -1.70. The van der Waals surface area contributed by atoms with Crippen LogP contribution in [0.5, 0.6) is 0 Å². The Balaban J connectivity index is 0.000000829. The number of hydrogen-bond acceptors (Lipinski definition) is 6. The van der Waals surface area contributed by atoms with E-state index in [9.17, 15) is 10.2 Å². The zero-order valence-electron chi connectivity index (χ0n) is 28.6. The van der Waals surface area contributed by atoms with Crippen molar-refractivity contribution in [3.63, 3.8) is 0 Å². The van der Waals surface area contributed by atoms with Crippen LogP contribution in [0.15, 0.2) is 60.4 Å². The van der Waals surface area contributed by atoms with Crippen molar-refractivity contribution < 1.29 is 25.2 Å². The van der Waals surface area contributed by atoms with E-state index in [1.54, 1.807) is 26.0 Å². The fourth-order valence-corrected chi connectivity index (χ4v) is 4.97. The smallest absolute Gasteiger partial charge is 0.120 e. The first-order chi connectivity index (χ1) is 20.6. The van der Waals surface area contributed by atoms with Crippen molar-refractivity contribution in [2.75, 3.05) is 6.61 Å². The van der Waals surface area contributed by atoms with Gasteiger partial charge in [-0.25, -0.2) is 0 Å². The third-order valence-electron chi connectivity index (χ3n) is 7.87. The van der Waals surface area contributed by atoms with E-state index in [1.165, 1.54) is 49.7 Å². The zero-order valence-corrected chi connectivity index (χ0v) is 28.6. The summed E-state index contributed by atoms with van der Waals surface area (Å²) in [6.45, 7) is 21.9. The van der Waals surface area contributed by atoms with Crippen LogP contribution in [0.3, 0.4) is 0 Å². The van der Waals surface area contributed by atoms with Crippen LogP contribution in [0.2, 0.25) is 0 Å². The Morgan fingerprint density at radius 2 is 1.70 bits per heavy atom. The molecule has 1 heterocycles. The molecule has 43 heavy (non-hydrogen) atoms. The zero-order chi connectivity index (χ0) is 32.8. The average molecular weight is 606 g/mol. The van der Waals surface area contributed by atoms with E-state index in [0.29, 0.717) is 18.4 Å². The van der Waals surface area contributed by atoms with E-state index >= 15 is 0 Å². The van der Waals surface area contributed by atoms with Crippen molar-refractivity contribution in [1.82, 2.24) is 5.32 Å². The summed E-state index contributed by atoms with van der Waals surface area (Å²) < 4.78 is 6.16. The van der Waals surface area contributed by atoms with E-state index < -0.39 is 18.3 Å². The van der Waals surface area contributed by atoms with Crippen molar-refractivity contribution in [3.8, 4) is 0 Å². The molecule has 2 aliphatic carbocycles. The maximum Gasteiger partial charge on any atom is 0.120 e. The molecule has 0 amide bonds. The predicted molar refractivity (Wildman–Crippen MR) is 183 cm³/mol. The number of unbranched alkanes of at least 4 members (excludes halogenated alkanes) is 2. The van der Waals surface area contributed by atoms with E-state index in [2.05, 4.69) is 39.2 Å². The highest BCUT2D eigenvalue weighted by Gasteiger charge is 2.38. The summed E-state index contributed by atoms with van der Waals surface area (Å²) in [5.41, 5.74) is 3.71. The lowest BCUT2D eigenvalue weighted by atomic mass is 9.87. The second-order valence-electron chi connectivity index (χ2n) is 11.9. The van der Waals surface area contributed by atoms with Gasteiger partial charge in [-0.05, 0) is 77.2 Å². The summed E-state index contributed by atoms with van der Waals surface area (Å²) >= 11 is 0. The predicted octanol–water partition coefficient (Wildman–Crippen LogP) is 7.54. The normalized spacial score (nSPS) is 23.9. The molecule has 3 fully saturated rings. The second-order valence-corrected chi connectivity index (χ2v) is 11.9. The Morgan fingerprint density at radius 3 is 2.19 bits per heavy atom. The van der Waals surface area contributed by atoms with Crippen LogP contribution in [-0.2, 0) is 4.74 Å². The van der Waals surface area contributed by atoms with Gasteiger partial charge in [-0.2, -0.15) is 0 Å². The van der Waals surface area contributed by atoms with Crippen molar-refractivity contribution in [2.45, 2.75) is 156 Å². The summed E-state index contributed by atoms with van der Waals surface area (Å²) in [5.74, 6) is 1.18. The molecule has 0 spiro atoms. The molecule has 2 saturated carbocycles. The fourth-order valence-electron chi connectivity index (χ4n) is 4.97. The van der Waals surface area contributed by atoms with Gasteiger partial charge in [0.1, 0.15) is 6.10 Å². The molecule has 0 bridgehead atoms. The standard InChI is InChI=1S/C22H37NO2.C11H18O2.C2H6O.C2H6/c1-5-6-7-8-19(17-9-10-17)23-21(18-11-12-18)22(24)20-13-14(2)15(3)16(4)25-20;1-3-4-5-6-7-8-11(13)9-10(2)12;1-2-3;1-2/h15-17,19-20,22-24H,2,5-13H2,1,3-4H3;3-5,7-8,10-13H,1,6,9H2,2H3;3H,2H2,1H3;1-2H3/b;5-4+,8-7+;;. The Kier molecular flexibility index (Phi) is 23.6. The highest BCUT2D eigenvalue weighted by Crippen LogP contribution is 2.40. The molecule has 7 atom stereocenters. The second kappa shape index (κ2) is 24.6. The summed E-state index contributed by atoms with van der Waals surface area (Å²) in [6, 6.07) is 0.535. The first-order valence-electron chi connectivity index (χ1n) is 17.0. The first-order valence-corrected chi connectivity index (χ1v) is 17.0. The molecule has 0 aromatic rings. The highest BCUT2D eigenvalue weighted by molar-refractivity contribution is 5.29. The SMILES string of the molecule is C=C/C=C/C/C=C/C(O)CC(C)O.C=C1CC(C(O)C(NC(CCCCC)C2CC2)=C2CC2)OC(C)C1C.CC.CCO. The lowest BCUT2D eigenvalue weighted by Gasteiger charge is -2.38. The number of aliphatic hydroxyl groups is 4. The van der Waals surface area contributed by atoms with Gasteiger partial charge in [0, 0.05) is 30.7 Å². The maximum absolute atomic E-state index is 11.1. The molecule has 1 aliphatic heterocycles. The monoisotopic (exact) mass is 606 g/mol. The number of allylic oxidation sites excluding steroid dienone is 5. The lowest BCUT2D eigenvalue weighted by Crippen LogP contribution is -2.45. The molecule has 3 rings (SSSR count). The molecular formula is C37H67NO5. The van der Waals surface area contributed by atoms with Crippen LogP contribution in [0, 0.1) is 11.8 Å². The number of rotatable bonds is 15. The molecule has 250 valence electrons. The van der Waals surface area contributed by atoms with E-state index in [0.717, 1.165) is 37.3 Å². The van der Waals surface area contributed by atoms with Gasteiger partial charge in [-0.15, -0.1) is 0 Å². The van der Waals surface area contributed by atoms with Crippen LogP contribution in [0.1, 0.15) is 119 Å². The Bertz CT molecular complexity index is 823. The lowest BCUT2D eigenvalue weighted by molar-refractivity contribution is -0.0920. The molecule has 7 unspecified atom stereocenters. The molecule has 6 nitrogen and oxygen atoms in total. The van der Waals surface area contributed by atoms with Gasteiger partial charge in [0.05, 0.1) is 24.4 Å².